The van der Waals surface area contributed by atoms with E-state index in [4.69, 9.17) is 4.74 Å². The summed E-state index contributed by atoms with van der Waals surface area (Å²) in [6.07, 6.45) is 0.0181. The van der Waals surface area contributed by atoms with Gasteiger partial charge in [0.15, 0.2) is 0 Å². The molecule has 81 heavy (non-hydrogen) atoms. The van der Waals surface area contributed by atoms with Crippen LogP contribution in [0.15, 0.2) is 212 Å². The lowest BCUT2D eigenvalue weighted by Crippen LogP contribution is -2.60. The zero-order valence-electron chi connectivity index (χ0n) is 46.3. The molecule has 0 unspecified atom stereocenters. The lowest BCUT2D eigenvalue weighted by atomic mass is 9.84. The van der Waals surface area contributed by atoms with Crippen LogP contribution in [-0.2, 0) is 49.4 Å². The number of benzene rings is 7. The van der Waals surface area contributed by atoms with Crippen LogP contribution in [0.25, 0.3) is 0 Å². The summed E-state index contributed by atoms with van der Waals surface area (Å²) in [5, 5.41) is 11.8. The van der Waals surface area contributed by atoms with Crippen LogP contribution in [0.3, 0.4) is 0 Å². The second-order valence-electron chi connectivity index (χ2n) is 21.0. The van der Waals surface area contributed by atoms with Crippen molar-refractivity contribution >= 4 is 59.0 Å². The van der Waals surface area contributed by atoms with Gasteiger partial charge in [-0.2, -0.15) is 0 Å². The Bertz CT molecular complexity index is 3000. The fraction of sp³-hybridized carbons (Fsp3) is 0.273. The number of hydrogen-bond donors (Lipinski definition) is 4. The molecule has 8 rings (SSSR count). The van der Waals surface area contributed by atoms with E-state index in [2.05, 4.69) is 21.3 Å². The molecule has 1 fully saturated rings. The lowest BCUT2D eigenvalue weighted by molar-refractivity contribution is -0.143. The van der Waals surface area contributed by atoms with E-state index in [0.29, 0.717) is 0 Å². The van der Waals surface area contributed by atoms with Crippen LogP contribution in [-0.4, -0.2) is 120 Å². The summed E-state index contributed by atoms with van der Waals surface area (Å²) in [6.45, 7) is 4.18. The molecule has 1 saturated heterocycles. The first-order valence-electron chi connectivity index (χ1n) is 27.1. The number of carbonyl (C=O) groups excluding carboxylic acids is 6. The van der Waals surface area contributed by atoms with Gasteiger partial charge in [0.25, 0.3) is 0 Å². The molecule has 0 saturated carbocycles. The van der Waals surface area contributed by atoms with E-state index in [1.165, 1.54) is 47.4 Å². The minimum absolute atomic E-state index is 0.00992. The topological polar surface area (TPSA) is 166 Å². The van der Waals surface area contributed by atoms with Crippen molar-refractivity contribution in [3.8, 4) is 0 Å². The van der Waals surface area contributed by atoms with Crippen molar-refractivity contribution in [1.82, 2.24) is 31.1 Å². The van der Waals surface area contributed by atoms with Crippen LogP contribution in [0.4, 0.5) is 0 Å². The molecule has 4 atom stereocenters. The fourth-order valence-corrected chi connectivity index (χ4v) is 13.1. The average molecular weight is 1120 g/mol. The average Bonchev–Trinajstić information content (AvgIpc) is 3.68. The van der Waals surface area contributed by atoms with Crippen LogP contribution in [0, 0.1) is 0 Å². The molecule has 0 spiro atoms. The molecule has 0 aliphatic carbocycles. The highest BCUT2D eigenvalue weighted by Gasteiger charge is 2.42. The number of carbonyl (C=O) groups is 6. The maximum atomic E-state index is 15.3. The molecule has 7 aromatic carbocycles. The van der Waals surface area contributed by atoms with Crippen LogP contribution in [0.5, 0.6) is 0 Å². The van der Waals surface area contributed by atoms with E-state index in [-0.39, 0.29) is 24.5 Å². The number of hydrogen-bond acceptors (Lipinski definition) is 9. The van der Waals surface area contributed by atoms with E-state index in [1.807, 2.05) is 233 Å². The molecule has 0 aromatic heterocycles. The normalized spacial score (nSPS) is 18.4. The van der Waals surface area contributed by atoms with Crippen molar-refractivity contribution in [3.63, 3.8) is 0 Å². The van der Waals surface area contributed by atoms with Crippen molar-refractivity contribution in [1.29, 1.82) is 0 Å². The van der Waals surface area contributed by atoms with Crippen molar-refractivity contribution < 1.29 is 33.5 Å². The van der Waals surface area contributed by atoms with Gasteiger partial charge in [0.05, 0.1) is 34.8 Å². The van der Waals surface area contributed by atoms with E-state index in [1.54, 1.807) is 0 Å². The number of likely N-dealkylation sites (N-methyl/N-ethyl adjacent to an activating group) is 2. The standard InChI is InChI=1S/C66H70N6O7S2/c1-64(2,3)79-44-55-62(77)71(4)43-59(74)68-57(46-81-66(51-35-21-10-22-36-51,52-37-23-11-24-38-52)53-39-25-12-26-40-53)63(78)72(5)42-58(73)67-56(61(76)69-54(60(75)70-55)41-47-27-13-6-14-28-47)45-80-65(48-29-15-7-16-30-48,49-31-17-8-18-32-49)50-33-19-9-20-34-50/h6-40,54-57H,41-46H2,1-5H3,(H,67,73)(H,68,74)(H,69,76)(H,70,75)/t54-,55-,56-,57-/m0/s1. The van der Waals surface area contributed by atoms with Crippen molar-refractivity contribution in [2.75, 3.05) is 45.3 Å². The van der Waals surface area contributed by atoms with Gasteiger partial charge in [0.1, 0.15) is 24.2 Å². The third-order valence-electron chi connectivity index (χ3n) is 14.0. The second kappa shape index (κ2) is 27.5. The molecular weight excluding hydrogens is 1050 g/mol. The molecule has 0 bridgehead atoms. The van der Waals surface area contributed by atoms with Gasteiger partial charge in [-0.25, -0.2) is 0 Å². The molecule has 0 radical (unpaired) electrons. The van der Waals surface area contributed by atoms with E-state index in [0.717, 1.165) is 38.9 Å². The number of amides is 6. The van der Waals surface area contributed by atoms with Gasteiger partial charge in [-0.05, 0) is 59.7 Å². The van der Waals surface area contributed by atoms with Crippen LogP contribution >= 0.6 is 23.5 Å². The Morgan fingerprint density at radius 2 is 0.704 bits per heavy atom. The third kappa shape index (κ3) is 14.9. The van der Waals surface area contributed by atoms with Gasteiger partial charge in [-0.1, -0.05) is 212 Å². The molecule has 4 N–H and O–H groups in total. The van der Waals surface area contributed by atoms with Crippen molar-refractivity contribution in [3.05, 3.63) is 251 Å². The van der Waals surface area contributed by atoms with Crippen LogP contribution in [0.2, 0.25) is 0 Å². The molecule has 1 aliphatic rings. The Kier molecular flexibility index (Phi) is 20.1. The Labute approximate surface area is 484 Å². The monoisotopic (exact) mass is 1120 g/mol. The Hall–Kier alpha value is -7.98. The Balaban J connectivity index is 1.20. The highest BCUT2D eigenvalue weighted by molar-refractivity contribution is 8.01. The predicted octanol–water partition coefficient (Wildman–Crippen LogP) is 8.36. The summed E-state index contributed by atoms with van der Waals surface area (Å²) in [6, 6.07) is 63.6. The van der Waals surface area contributed by atoms with Crippen LogP contribution < -0.4 is 21.3 Å². The molecule has 7 aromatic rings. The summed E-state index contributed by atoms with van der Waals surface area (Å²) in [5.74, 6) is -3.89. The van der Waals surface area contributed by atoms with E-state index >= 15 is 9.59 Å². The zero-order valence-corrected chi connectivity index (χ0v) is 48.0. The van der Waals surface area contributed by atoms with Gasteiger partial charge < -0.3 is 35.8 Å². The van der Waals surface area contributed by atoms with Crippen molar-refractivity contribution in [2.24, 2.45) is 0 Å². The maximum Gasteiger partial charge on any atom is 0.247 e. The van der Waals surface area contributed by atoms with E-state index in [9.17, 15) is 19.2 Å². The Morgan fingerprint density at radius 3 is 1.06 bits per heavy atom. The van der Waals surface area contributed by atoms with Gasteiger partial charge in [-0.15, -0.1) is 23.5 Å². The maximum absolute atomic E-state index is 15.3. The summed E-state index contributed by atoms with van der Waals surface area (Å²) in [4.78, 5) is 91.6. The molecule has 6 amide bonds. The predicted molar refractivity (Wildman–Crippen MR) is 322 cm³/mol. The van der Waals surface area contributed by atoms with Gasteiger partial charge in [-0.3, -0.25) is 28.8 Å². The minimum atomic E-state index is -1.32. The number of ether oxygens (including phenoxy) is 1. The summed E-state index contributed by atoms with van der Waals surface area (Å²) in [7, 11) is 2.92. The molecule has 418 valence electrons. The molecule has 1 aliphatic heterocycles. The lowest BCUT2D eigenvalue weighted by Gasteiger charge is -2.37. The first-order chi connectivity index (χ1) is 39.1. The van der Waals surface area contributed by atoms with Crippen molar-refractivity contribution in [2.45, 2.75) is 66.5 Å². The molecule has 15 heteroatoms. The van der Waals surface area contributed by atoms with Gasteiger partial charge in [0.2, 0.25) is 35.4 Å². The summed E-state index contributed by atoms with van der Waals surface area (Å²) < 4.78 is 4.32. The largest absolute Gasteiger partial charge is 0.373 e. The molecular formula is C66H70N6O7S2. The fourth-order valence-electron chi connectivity index (χ4n) is 10.0. The summed E-state index contributed by atoms with van der Waals surface area (Å²) in [5.41, 5.74) is 5.53. The number of thioether (sulfide) groups is 2. The summed E-state index contributed by atoms with van der Waals surface area (Å²) >= 11 is 2.90. The van der Waals surface area contributed by atoms with Gasteiger partial charge in [0, 0.05) is 32.0 Å². The number of nitrogens with zero attached hydrogens (tertiary/aromatic N) is 2. The first kappa shape index (κ1) is 59.1. The smallest absolute Gasteiger partial charge is 0.247 e. The van der Waals surface area contributed by atoms with E-state index < -0.39 is 87.8 Å². The SMILES string of the molecule is CN1CC(=O)N[C@@H](CSC(c2ccccc2)(c2ccccc2)c2ccccc2)C(=O)N[C@@H](Cc2ccccc2)C(=O)N[C@@H](COC(C)(C)C)C(=O)N(C)CC(=O)N[C@@H](CSC(c2ccccc2)(c2ccccc2)c2ccccc2)C1=O. The molecule has 13 nitrogen and oxygen atoms in total. The second-order valence-corrected chi connectivity index (χ2v) is 23.5. The Morgan fingerprint density at radius 1 is 0.407 bits per heavy atom. The first-order valence-corrected chi connectivity index (χ1v) is 29.0. The minimum Gasteiger partial charge on any atom is -0.373 e. The quantitative estimate of drug-likeness (QED) is 0.0696. The molecule has 1 heterocycles. The zero-order chi connectivity index (χ0) is 57.4. The van der Waals surface area contributed by atoms with Gasteiger partial charge >= 0.3 is 0 Å². The third-order valence-corrected chi connectivity index (χ3v) is 17.3. The highest BCUT2D eigenvalue weighted by atomic mass is 32.2. The van der Waals surface area contributed by atoms with Crippen LogP contribution in [0.1, 0.15) is 59.7 Å². The highest BCUT2D eigenvalue weighted by Crippen LogP contribution is 2.50. The number of rotatable bonds is 16. The number of nitrogens with one attached hydrogen (secondary N) is 4.